The number of halogens is 1. The van der Waals surface area contributed by atoms with E-state index < -0.39 is 29.7 Å². The number of carbonyl (C=O) groups is 2. The van der Waals surface area contributed by atoms with Crippen molar-refractivity contribution in [1.82, 2.24) is 0 Å². The number of alkyl halides is 1. The highest BCUT2D eigenvalue weighted by molar-refractivity contribution is 6.21. The fourth-order valence-corrected chi connectivity index (χ4v) is 4.21. The first-order valence-electron chi connectivity index (χ1n) is 10.7. The molecule has 0 aromatic heterocycles. The van der Waals surface area contributed by atoms with Crippen LogP contribution in [0.15, 0.2) is 60.7 Å². The summed E-state index contributed by atoms with van der Waals surface area (Å²) in [7, 11) is 0. The molecular formula is C25H29ClO6. The molecule has 6 nitrogen and oxygen atoms in total. The summed E-state index contributed by atoms with van der Waals surface area (Å²) >= 11 is 6.73. The molecule has 1 aliphatic carbocycles. The molecular weight excluding hydrogens is 432 g/mol. The lowest BCUT2D eigenvalue weighted by Crippen LogP contribution is -2.56. The van der Waals surface area contributed by atoms with Gasteiger partial charge in [0.1, 0.15) is 12.2 Å². The van der Waals surface area contributed by atoms with Crippen molar-refractivity contribution in [2.24, 2.45) is 5.92 Å². The molecule has 0 aliphatic heterocycles. The van der Waals surface area contributed by atoms with Gasteiger partial charge in [0, 0.05) is 19.8 Å². The van der Waals surface area contributed by atoms with Crippen LogP contribution < -0.4 is 0 Å². The first kappa shape index (κ1) is 24.2. The van der Waals surface area contributed by atoms with Crippen LogP contribution in [0.3, 0.4) is 0 Å². The van der Waals surface area contributed by atoms with Gasteiger partial charge in [0.15, 0.2) is 0 Å². The molecule has 0 amide bonds. The van der Waals surface area contributed by atoms with Gasteiger partial charge in [-0.25, -0.2) is 0 Å². The molecule has 172 valence electrons. The van der Waals surface area contributed by atoms with Gasteiger partial charge in [0.05, 0.1) is 31.3 Å². The normalized spacial score (nSPS) is 25.2. The van der Waals surface area contributed by atoms with Crippen LogP contribution in [0, 0.1) is 5.92 Å². The third kappa shape index (κ3) is 7.05. The summed E-state index contributed by atoms with van der Waals surface area (Å²) in [6, 6.07) is 19.5. The van der Waals surface area contributed by atoms with E-state index >= 15 is 0 Å². The van der Waals surface area contributed by atoms with Gasteiger partial charge in [-0.2, -0.15) is 0 Å². The topological polar surface area (TPSA) is 71.1 Å². The number of ether oxygens (including phenoxy) is 4. The standard InChI is InChI=1S/C25H29ClO6/c1-17(27)29-16-21-13-22(30-14-19-9-5-3-6-10-19)24(25(23(21)26)32-18(2)28)31-15-20-11-7-4-8-12-20/h3-12,21-25H,13-16H2,1-2H3/t21-,22+,23-,24+,25+/m1/s1. The van der Waals surface area contributed by atoms with E-state index in [2.05, 4.69) is 0 Å². The van der Waals surface area contributed by atoms with E-state index in [0.29, 0.717) is 19.6 Å². The van der Waals surface area contributed by atoms with Crippen LogP contribution in [-0.2, 0) is 41.8 Å². The molecule has 3 rings (SSSR count). The molecule has 0 unspecified atom stereocenters. The monoisotopic (exact) mass is 460 g/mol. The van der Waals surface area contributed by atoms with Crippen molar-refractivity contribution in [3.8, 4) is 0 Å². The SMILES string of the molecule is CC(=O)OC[C@H]1C[C@H](OCc2ccccc2)[C@H](OCc2ccccc2)[C@@H](OC(C)=O)[C@@H]1Cl. The van der Waals surface area contributed by atoms with Crippen molar-refractivity contribution < 1.29 is 28.5 Å². The molecule has 2 aromatic carbocycles. The first-order valence-corrected chi connectivity index (χ1v) is 11.1. The highest BCUT2D eigenvalue weighted by atomic mass is 35.5. The summed E-state index contributed by atoms with van der Waals surface area (Å²) in [5.41, 5.74) is 2.01. The number of rotatable bonds is 9. The highest BCUT2D eigenvalue weighted by Gasteiger charge is 2.48. The van der Waals surface area contributed by atoms with E-state index in [4.69, 9.17) is 30.5 Å². The molecule has 7 heteroatoms. The second-order valence-electron chi connectivity index (χ2n) is 7.91. The average molecular weight is 461 g/mol. The first-order chi connectivity index (χ1) is 15.4. The van der Waals surface area contributed by atoms with Crippen LogP contribution in [0.5, 0.6) is 0 Å². The molecule has 0 spiro atoms. The Balaban J connectivity index is 1.80. The van der Waals surface area contributed by atoms with Gasteiger partial charge in [-0.05, 0) is 17.5 Å². The molecule has 0 bridgehead atoms. The number of carbonyl (C=O) groups excluding carboxylic acids is 2. The van der Waals surface area contributed by atoms with Crippen LogP contribution in [0.1, 0.15) is 31.4 Å². The molecule has 1 fully saturated rings. The summed E-state index contributed by atoms with van der Waals surface area (Å²) in [6.45, 7) is 3.51. The van der Waals surface area contributed by atoms with Crippen LogP contribution in [-0.4, -0.2) is 42.2 Å². The zero-order valence-corrected chi connectivity index (χ0v) is 19.1. The van der Waals surface area contributed by atoms with Crippen LogP contribution in [0.25, 0.3) is 0 Å². The number of hydrogen-bond donors (Lipinski definition) is 0. The number of hydrogen-bond acceptors (Lipinski definition) is 6. The minimum atomic E-state index is -0.743. The maximum atomic E-state index is 11.9. The predicted octanol–water partition coefficient (Wildman–Crippen LogP) is 4.28. The van der Waals surface area contributed by atoms with E-state index in [0.717, 1.165) is 11.1 Å². The number of esters is 2. The zero-order valence-electron chi connectivity index (χ0n) is 18.3. The fraction of sp³-hybridized carbons (Fsp3) is 0.440. The smallest absolute Gasteiger partial charge is 0.303 e. The van der Waals surface area contributed by atoms with Crippen molar-refractivity contribution >= 4 is 23.5 Å². The lowest BCUT2D eigenvalue weighted by Gasteiger charge is -2.43. The largest absolute Gasteiger partial charge is 0.466 e. The van der Waals surface area contributed by atoms with E-state index in [1.807, 2.05) is 60.7 Å². The molecule has 32 heavy (non-hydrogen) atoms. The number of benzene rings is 2. The van der Waals surface area contributed by atoms with Crippen molar-refractivity contribution in [1.29, 1.82) is 0 Å². The van der Waals surface area contributed by atoms with Crippen LogP contribution >= 0.6 is 11.6 Å². The Hall–Kier alpha value is -2.41. The Bertz CT molecular complexity index is 859. The molecule has 2 aromatic rings. The summed E-state index contributed by atoms with van der Waals surface area (Å²) in [5, 5.41) is -0.587. The predicted molar refractivity (Wildman–Crippen MR) is 120 cm³/mol. The van der Waals surface area contributed by atoms with Crippen molar-refractivity contribution in [3.63, 3.8) is 0 Å². The lowest BCUT2D eigenvalue weighted by molar-refractivity contribution is -0.188. The van der Waals surface area contributed by atoms with Crippen molar-refractivity contribution in [3.05, 3.63) is 71.8 Å². The quantitative estimate of drug-likeness (QED) is 0.411. The molecule has 1 saturated carbocycles. The Kier molecular flexibility index (Phi) is 9.09. The molecule has 5 atom stereocenters. The third-order valence-corrected chi connectivity index (χ3v) is 5.99. The van der Waals surface area contributed by atoms with E-state index in [9.17, 15) is 9.59 Å². The zero-order chi connectivity index (χ0) is 22.9. The van der Waals surface area contributed by atoms with Crippen molar-refractivity contribution in [2.45, 2.75) is 57.2 Å². The second kappa shape index (κ2) is 12.0. The molecule has 1 aliphatic rings. The van der Waals surface area contributed by atoms with E-state index in [-0.39, 0.29) is 18.5 Å². The Morgan fingerprint density at radius 1 is 0.844 bits per heavy atom. The van der Waals surface area contributed by atoms with Gasteiger partial charge in [-0.1, -0.05) is 60.7 Å². The minimum Gasteiger partial charge on any atom is -0.466 e. The van der Waals surface area contributed by atoms with Gasteiger partial charge in [-0.3, -0.25) is 9.59 Å². The van der Waals surface area contributed by atoms with Gasteiger partial charge < -0.3 is 18.9 Å². The highest BCUT2D eigenvalue weighted by Crippen LogP contribution is 2.36. The third-order valence-electron chi connectivity index (χ3n) is 5.38. The Morgan fingerprint density at radius 3 is 1.94 bits per heavy atom. The van der Waals surface area contributed by atoms with Gasteiger partial charge in [0.25, 0.3) is 0 Å². The minimum absolute atomic E-state index is 0.123. The summed E-state index contributed by atoms with van der Waals surface area (Å²) < 4.78 is 23.3. The van der Waals surface area contributed by atoms with Gasteiger partial charge in [0.2, 0.25) is 0 Å². The maximum Gasteiger partial charge on any atom is 0.303 e. The fourth-order valence-electron chi connectivity index (χ4n) is 3.84. The van der Waals surface area contributed by atoms with E-state index in [1.165, 1.54) is 13.8 Å². The molecule has 0 N–H and O–H groups in total. The second-order valence-corrected chi connectivity index (χ2v) is 8.42. The van der Waals surface area contributed by atoms with Gasteiger partial charge in [-0.15, -0.1) is 11.6 Å². The Morgan fingerprint density at radius 2 is 1.41 bits per heavy atom. The Labute approximate surface area is 193 Å². The van der Waals surface area contributed by atoms with Crippen LogP contribution in [0.2, 0.25) is 0 Å². The summed E-state index contributed by atoms with van der Waals surface area (Å²) in [6.07, 6.45) is -1.21. The van der Waals surface area contributed by atoms with Crippen LogP contribution in [0.4, 0.5) is 0 Å². The maximum absolute atomic E-state index is 11.9. The summed E-state index contributed by atoms with van der Waals surface area (Å²) in [4.78, 5) is 23.2. The van der Waals surface area contributed by atoms with Crippen molar-refractivity contribution in [2.75, 3.05) is 6.61 Å². The molecule has 0 radical (unpaired) electrons. The molecule has 0 heterocycles. The van der Waals surface area contributed by atoms with E-state index in [1.54, 1.807) is 0 Å². The lowest BCUT2D eigenvalue weighted by atomic mass is 9.82. The average Bonchev–Trinajstić information content (AvgIpc) is 2.78. The van der Waals surface area contributed by atoms with Gasteiger partial charge >= 0.3 is 11.9 Å². The summed E-state index contributed by atoms with van der Waals surface area (Å²) in [5.74, 6) is -1.09. The molecule has 0 saturated heterocycles.